The Kier molecular flexibility index (Phi) is 2.62. The lowest BCUT2D eigenvalue weighted by molar-refractivity contribution is -0.123. The van der Waals surface area contributed by atoms with Crippen molar-refractivity contribution in [2.24, 2.45) is 0 Å². The van der Waals surface area contributed by atoms with Crippen LogP contribution >= 0.6 is 0 Å². The van der Waals surface area contributed by atoms with Crippen LogP contribution in [0, 0.1) is 0 Å². The van der Waals surface area contributed by atoms with Gasteiger partial charge in [0.1, 0.15) is 23.8 Å². The van der Waals surface area contributed by atoms with Crippen LogP contribution in [0.4, 0.5) is 5.82 Å². The van der Waals surface area contributed by atoms with E-state index in [9.17, 15) is 4.79 Å². The van der Waals surface area contributed by atoms with Crippen molar-refractivity contribution >= 4 is 22.8 Å². The molecule has 6 nitrogen and oxygen atoms in total. The maximum Gasteiger partial charge on any atom is 0.242 e. The van der Waals surface area contributed by atoms with Crippen molar-refractivity contribution in [3.63, 3.8) is 0 Å². The third kappa shape index (κ3) is 1.90. The summed E-state index contributed by atoms with van der Waals surface area (Å²) in [6.45, 7) is 2.02. The molecule has 1 saturated heterocycles. The van der Waals surface area contributed by atoms with Gasteiger partial charge in [0.25, 0.3) is 0 Å². The summed E-state index contributed by atoms with van der Waals surface area (Å²) in [4.78, 5) is 23.2. The molecule has 3 heterocycles. The Bertz CT molecular complexity index is 579. The summed E-state index contributed by atoms with van der Waals surface area (Å²) in [7, 11) is 0. The molecule has 3 rings (SSSR count). The van der Waals surface area contributed by atoms with Gasteiger partial charge in [-0.15, -0.1) is 0 Å². The van der Waals surface area contributed by atoms with Crippen LogP contribution in [0.1, 0.15) is 19.8 Å². The van der Waals surface area contributed by atoms with E-state index < -0.39 is 0 Å². The molecule has 0 aliphatic carbocycles. The molecule has 2 atom stereocenters. The van der Waals surface area contributed by atoms with Crippen molar-refractivity contribution in [2.45, 2.75) is 31.8 Å². The summed E-state index contributed by atoms with van der Waals surface area (Å²) in [6, 6.07) is 1.95. The van der Waals surface area contributed by atoms with Gasteiger partial charge in [0.2, 0.25) is 5.91 Å². The summed E-state index contributed by atoms with van der Waals surface area (Å²) >= 11 is 0. The number of anilines is 1. The predicted octanol–water partition coefficient (Wildman–Crippen LogP) is 1.04. The Morgan fingerprint density at radius 2 is 2.28 bits per heavy atom. The minimum absolute atomic E-state index is 0.0380. The van der Waals surface area contributed by atoms with Crippen molar-refractivity contribution in [1.82, 2.24) is 20.3 Å². The van der Waals surface area contributed by atoms with Crippen molar-refractivity contribution < 1.29 is 4.79 Å². The average molecular weight is 245 g/mol. The van der Waals surface area contributed by atoms with Crippen LogP contribution in [-0.2, 0) is 4.79 Å². The van der Waals surface area contributed by atoms with Gasteiger partial charge in [-0.3, -0.25) is 4.79 Å². The highest BCUT2D eigenvalue weighted by molar-refractivity contribution is 5.91. The number of nitrogens with one attached hydrogen (secondary N) is 3. The zero-order valence-electron chi connectivity index (χ0n) is 10.1. The maximum absolute atomic E-state index is 11.9. The Balaban J connectivity index is 1.84. The highest BCUT2D eigenvalue weighted by Crippen LogP contribution is 2.20. The number of aromatic nitrogens is 3. The molecule has 18 heavy (non-hydrogen) atoms. The van der Waals surface area contributed by atoms with Gasteiger partial charge in [0.05, 0.1) is 5.39 Å². The van der Waals surface area contributed by atoms with Crippen LogP contribution in [-0.4, -0.2) is 32.9 Å². The first-order chi connectivity index (χ1) is 8.74. The number of rotatable bonds is 2. The Morgan fingerprint density at radius 1 is 1.39 bits per heavy atom. The van der Waals surface area contributed by atoms with E-state index in [0.29, 0.717) is 5.82 Å². The molecule has 0 spiro atoms. The number of aromatic amines is 1. The number of nitrogens with zero attached hydrogens (tertiary/aromatic N) is 2. The number of piperidine rings is 1. The predicted molar refractivity (Wildman–Crippen MR) is 68.1 cm³/mol. The van der Waals surface area contributed by atoms with Gasteiger partial charge in [-0.1, -0.05) is 0 Å². The Hall–Kier alpha value is -2.11. The lowest BCUT2D eigenvalue weighted by Crippen LogP contribution is -2.48. The molecule has 0 unspecified atom stereocenters. The molecule has 1 fully saturated rings. The molecular formula is C12H15N5O. The first kappa shape index (κ1) is 11.0. The van der Waals surface area contributed by atoms with E-state index in [-0.39, 0.29) is 18.0 Å². The van der Waals surface area contributed by atoms with Gasteiger partial charge >= 0.3 is 0 Å². The molecule has 6 heteroatoms. The van der Waals surface area contributed by atoms with E-state index >= 15 is 0 Å². The average Bonchev–Trinajstić information content (AvgIpc) is 2.82. The Morgan fingerprint density at radius 3 is 3.11 bits per heavy atom. The molecule has 1 amide bonds. The molecule has 94 valence electrons. The number of hydrogen-bond donors (Lipinski definition) is 3. The van der Waals surface area contributed by atoms with Gasteiger partial charge in [-0.05, 0) is 25.8 Å². The number of hydrogen-bond acceptors (Lipinski definition) is 4. The summed E-state index contributed by atoms with van der Waals surface area (Å²) in [6.07, 6.45) is 5.10. The molecule has 0 radical (unpaired) electrons. The lowest BCUT2D eigenvalue weighted by Gasteiger charge is -2.27. The fourth-order valence-electron chi connectivity index (χ4n) is 2.25. The zero-order valence-corrected chi connectivity index (χ0v) is 10.1. The van der Waals surface area contributed by atoms with Gasteiger partial charge in [0, 0.05) is 12.2 Å². The maximum atomic E-state index is 11.9. The molecule has 1 aliphatic rings. The number of carbonyl (C=O) groups excluding carboxylic acids is 1. The third-order valence-electron chi connectivity index (χ3n) is 3.26. The topological polar surface area (TPSA) is 82.7 Å². The van der Waals surface area contributed by atoms with E-state index in [1.807, 2.05) is 19.2 Å². The van der Waals surface area contributed by atoms with E-state index in [2.05, 4.69) is 25.6 Å². The number of carbonyl (C=O) groups is 1. The minimum Gasteiger partial charge on any atom is -0.358 e. The second kappa shape index (κ2) is 4.29. The standard InChI is InChI=1S/C12H15N5O/c1-7-2-3-9(12(18)16-7)17-11-8-4-5-13-10(8)14-6-15-11/h4-7,9H,2-3H2,1H3,(H,16,18)(H2,13,14,15,17)/t7-,9+/m0/s1. The molecular weight excluding hydrogens is 230 g/mol. The largest absolute Gasteiger partial charge is 0.358 e. The highest BCUT2D eigenvalue weighted by Gasteiger charge is 2.26. The smallest absolute Gasteiger partial charge is 0.242 e. The number of fused-ring (bicyclic) bond motifs is 1. The van der Waals surface area contributed by atoms with Crippen LogP contribution in [0.2, 0.25) is 0 Å². The number of amides is 1. The molecule has 1 aliphatic heterocycles. The fourth-order valence-corrected chi connectivity index (χ4v) is 2.25. The van der Waals surface area contributed by atoms with Crippen LogP contribution in [0.15, 0.2) is 18.6 Å². The first-order valence-electron chi connectivity index (χ1n) is 6.09. The van der Waals surface area contributed by atoms with E-state index in [4.69, 9.17) is 0 Å². The highest BCUT2D eigenvalue weighted by atomic mass is 16.2. The molecule has 0 bridgehead atoms. The zero-order chi connectivity index (χ0) is 12.5. The minimum atomic E-state index is -0.214. The van der Waals surface area contributed by atoms with Gasteiger partial charge < -0.3 is 15.6 Å². The molecule has 0 aromatic carbocycles. The van der Waals surface area contributed by atoms with Crippen molar-refractivity contribution in [1.29, 1.82) is 0 Å². The van der Waals surface area contributed by atoms with Crippen LogP contribution < -0.4 is 10.6 Å². The van der Waals surface area contributed by atoms with Crippen LogP contribution in [0.3, 0.4) is 0 Å². The van der Waals surface area contributed by atoms with E-state index in [0.717, 1.165) is 23.9 Å². The summed E-state index contributed by atoms with van der Waals surface area (Å²) < 4.78 is 0. The van der Waals surface area contributed by atoms with E-state index in [1.165, 1.54) is 6.33 Å². The summed E-state index contributed by atoms with van der Waals surface area (Å²) in [5, 5.41) is 7.04. The van der Waals surface area contributed by atoms with Crippen molar-refractivity contribution in [2.75, 3.05) is 5.32 Å². The molecule has 0 saturated carbocycles. The van der Waals surface area contributed by atoms with Gasteiger partial charge in [0.15, 0.2) is 0 Å². The lowest BCUT2D eigenvalue weighted by atomic mass is 10.0. The van der Waals surface area contributed by atoms with Crippen molar-refractivity contribution in [3.05, 3.63) is 18.6 Å². The van der Waals surface area contributed by atoms with Crippen LogP contribution in [0.25, 0.3) is 11.0 Å². The monoisotopic (exact) mass is 245 g/mol. The second-order valence-corrected chi connectivity index (χ2v) is 4.65. The number of H-pyrrole nitrogens is 1. The first-order valence-corrected chi connectivity index (χ1v) is 6.09. The normalized spacial score (nSPS) is 23.9. The van der Waals surface area contributed by atoms with Gasteiger partial charge in [-0.2, -0.15) is 0 Å². The molecule has 3 N–H and O–H groups in total. The summed E-state index contributed by atoms with van der Waals surface area (Å²) in [5.41, 5.74) is 0.775. The Labute approximate surface area is 104 Å². The third-order valence-corrected chi connectivity index (χ3v) is 3.26. The van der Waals surface area contributed by atoms with Crippen molar-refractivity contribution in [3.8, 4) is 0 Å². The van der Waals surface area contributed by atoms with E-state index in [1.54, 1.807) is 0 Å². The second-order valence-electron chi connectivity index (χ2n) is 4.65. The summed E-state index contributed by atoms with van der Waals surface area (Å²) in [5.74, 6) is 0.743. The van der Waals surface area contributed by atoms with Crippen LogP contribution in [0.5, 0.6) is 0 Å². The fraction of sp³-hybridized carbons (Fsp3) is 0.417. The quantitative estimate of drug-likeness (QED) is 0.738. The molecule has 2 aromatic rings. The van der Waals surface area contributed by atoms with Gasteiger partial charge in [-0.25, -0.2) is 9.97 Å². The SMILES string of the molecule is C[C@H]1CC[C@@H](Nc2ncnc3[nH]ccc23)C(=O)N1. The molecule has 2 aromatic heterocycles.